The number of hydrogen-bond donors (Lipinski definition) is 1. The lowest BCUT2D eigenvalue weighted by molar-refractivity contribution is 0.0512. The van der Waals surface area contributed by atoms with Crippen molar-refractivity contribution in [3.05, 3.63) is 0 Å². The maximum atomic E-state index is 8.96. The van der Waals surface area contributed by atoms with E-state index in [4.69, 9.17) is 9.84 Å². The van der Waals surface area contributed by atoms with E-state index in [0.717, 1.165) is 25.9 Å². The third kappa shape index (κ3) is 1.80. The Morgan fingerprint density at radius 3 is 3.12 bits per heavy atom. The van der Waals surface area contributed by atoms with Gasteiger partial charge in [0.05, 0.1) is 12.7 Å². The molecule has 0 aromatic rings. The van der Waals surface area contributed by atoms with Gasteiger partial charge in [-0.15, -0.1) is 0 Å². The lowest BCUT2D eigenvalue weighted by atomic mass is 10.2. The van der Waals surface area contributed by atoms with Gasteiger partial charge >= 0.3 is 0 Å². The topological polar surface area (TPSA) is 29.5 Å². The first-order valence-corrected chi connectivity index (χ1v) is 3.15. The lowest BCUT2D eigenvalue weighted by Crippen LogP contribution is -2.11. The van der Waals surface area contributed by atoms with Crippen LogP contribution in [0.3, 0.4) is 0 Å². The highest BCUT2D eigenvalue weighted by Crippen LogP contribution is 2.06. The summed E-state index contributed by atoms with van der Waals surface area (Å²) in [6.45, 7) is 1.37. The van der Waals surface area contributed by atoms with E-state index in [1.807, 2.05) is 0 Å². The Morgan fingerprint density at radius 2 is 2.25 bits per heavy atom. The van der Waals surface area contributed by atoms with Crippen molar-refractivity contribution < 1.29 is 9.84 Å². The molecule has 1 fully saturated rings. The Bertz CT molecular complexity index is 55.5. The highest BCUT2D eigenvalue weighted by atomic mass is 16.5. The summed E-state index contributed by atoms with van der Waals surface area (Å²) in [6.07, 6.45) is 2.94. The second-order valence-electron chi connectivity index (χ2n) is 2.22. The number of aliphatic hydroxyl groups is 1. The molecule has 0 amide bonds. The SMILES string of the molecule is O[C@H]1CCCCOC1. The summed E-state index contributed by atoms with van der Waals surface area (Å²) in [4.78, 5) is 0. The predicted molar refractivity (Wildman–Crippen MR) is 30.7 cm³/mol. The normalized spacial score (nSPS) is 31.9. The Kier molecular flexibility index (Phi) is 2.30. The average Bonchev–Trinajstić information content (AvgIpc) is 1.94. The first-order chi connectivity index (χ1) is 3.89. The van der Waals surface area contributed by atoms with Gasteiger partial charge in [-0.2, -0.15) is 0 Å². The van der Waals surface area contributed by atoms with E-state index in [1.165, 1.54) is 0 Å². The quantitative estimate of drug-likeness (QED) is 0.500. The van der Waals surface area contributed by atoms with E-state index in [0.29, 0.717) is 6.61 Å². The van der Waals surface area contributed by atoms with Crippen LogP contribution in [0.5, 0.6) is 0 Å². The van der Waals surface area contributed by atoms with E-state index < -0.39 is 0 Å². The fourth-order valence-corrected chi connectivity index (χ4v) is 0.887. The molecular formula is C6H12O2. The van der Waals surface area contributed by atoms with Crippen molar-refractivity contribution in [2.75, 3.05) is 13.2 Å². The molecule has 1 saturated heterocycles. The predicted octanol–water partition coefficient (Wildman–Crippen LogP) is 0.548. The van der Waals surface area contributed by atoms with Gasteiger partial charge in [-0.05, 0) is 19.3 Å². The summed E-state index contributed by atoms with van der Waals surface area (Å²) in [6, 6.07) is 0. The van der Waals surface area contributed by atoms with Crippen molar-refractivity contribution in [2.24, 2.45) is 0 Å². The molecule has 1 rings (SSSR count). The van der Waals surface area contributed by atoms with Gasteiger partial charge in [-0.25, -0.2) is 0 Å². The van der Waals surface area contributed by atoms with Gasteiger partial charge < -0.3 is 9.84 Å². The third-order valence-electron chi connectivity index (χ3n) is 1.39. The van der Waals surface area contributed by atoms with Crippen molar-refractivity contribution in [1.82, 2.24) is 0 Å². The molecule has 0 bridgehead atoms. The Morgan fingerprint density at radius 1 is 1.38 bits per heavy atom. The first kappa shape index (κ1) is 6.05. The second kappa shape index (κ2) is 3.05. The number of rotatable bonds is 0. The van der Waals surface area contributed by atoms with E-state index in [9.17, 15) is 0 Å². The summed E-state index contributed by atoms with van der Waals surface area (Å²) in [5.74, 6) is 0. The summed E-state index contributed by atoms with van der Waals surface area (Å²) in [5.41, 5.74) is 0. The molecule has 0 radical (unpaired) electrons. The maximum Gasteiger partial charge on any atom is 0.0773 e. The molecule has 2 nitrogen and oxygen atoms in total. The van der Waals surface area contributed by atoms with Gasteiger partial charge in [-0.1, -0.05) is 0 Å². The fraction of sp³-hybridized carbons (Fsp3) is 1.00. The van der Waals surface area contributed by atoms with E-state index >= 15 is 0 Å². The number of ether oxygens (including phenoxy) is 1. The minimum atomic E-state index is -0.197. The summed E-state index contributed by atoms with van der Waals surface area (Å²) >= 11 is 0. The molecule has 48 valence electrons. The first-order valence-electron chi connectivity index (χ1n) is 3.15. The lowest BCUT2D eigenvalue weighted by Gasteiger charge is -2.02. The molecular weight excluding hydrogens is 104 g/mol. The Labute approximate surface area is 49.5 Å². The molecule has 0 saturated carbocycles. The molecule has 0 spiro atoms. The van der Waals surface area contributed by atoms with Crippen LogP contribution in [0.4, 0.5) is 0 Å². The zero-order valence-electron chi connectivity index (χ0n) is 4.97. The molecule has 0 aliphatic carbocycles. The summed E-state index contributed by atoms with van der Waals surface area (Å²) < 4.78 is 5.06. The zero-order valence-corrected chi connectivity index (χ0v) is 4.97. The molecule has 0 unspecified atom stereocenters. The highest BCUT2D eigenvalue weighted by molar-refractivity contribution is 4.57. The Hall–Kier alpha value is -0.0800. The van der Waals surface area contributed by atoms with Crippen LogP contribution in [0.1, 0.15) is 19.3 Å². The summed E-state index contributed by atoms with van der Waals surface area (Å²) in [5, 5.41) is 8.96. The van der Waals surface area contributed by atoms with Crippen LogP contribution >= 0.6 is 0 Å². The minimum Gasteiger partial charge on any atom is -0.391 e. The van der Waals surface area contributed by atoms with Crippen LogP contribution in [-0.4, -0.2) is 24.4 Å². The van der Waals surface area contributed by atoms with E-state index in [2.05, 4.69) is 0 Å². The number of aliphatic hydroxyl groups excluding tert-OH is 1. The van der Waals surface area contributed by atoms with Crippen LogP contribution in [0.15, 0.2) is 0 Å². The van der Waals surface area contributed by atoms with Crippen LogP contribution in [0, 0.1) is 0 Å². The molecule has 0 aromatic carbocycles. The molecule has 1 aliphatic rings. The van der Waals surface area contributed by atoms with Crippen LogP contribution in [0.2, 0.25) is 0 Å². The van der Waals surface area contributed by atoms with Gasteiger partial charge in [0.2, 0.25) is 0 Å². The third-order valence-corrected chi connectivity index (χ3v) is 1.39. The van der Waals surface area contributed by atoms with Gasteiger partial charge in [0.1, 0.15) is 0 Å². The number of hydrogen-bond acceptors (Lipinski definition) is 2. The van der Waals surface area contributed by atoms with Gasteiger partial charge in [0, 0.05) is 6.61 Å². The molecule has 1 aliphatic heterocycles. The van der Waals surface area contributed by atoms with E-state index in [-0.39, 0.29) is 6.10 Å². The van der Waals surface area contributed by atoms with Crippen LogP contribution in [-0.2, 0) is 4.74 Å². The van der Waals surface area contributed by atoms with Gasteiger partial charge in [0.25, 0.3) is 0 Å². The monoisotopic (exact) mass is 116 g/mol. The van der Waals surface area contributed by atoms with E-state index in [1.54, 1.807) is 0 Å². The summed E-state index contributed by atoms with van der Waals surface area (Å²) in [7, 11) is 0. The molecule has 8 heavy (non-hydrogen) atoms. The molecule has 0 aromatic heterocycles. The highest BCUT2D eigenvalue weighted by Gasteiger charge is 2.06. The van der Waals surface area contributed by atoms with Crippen molar-refractivity contribution in [2.45, 2.75) is 25.4 Å². The van der Waals surface area contributed by atoms with Crippen LogP contribution in [0.25, 0.3) is 0 Å². The fourth-order valence-electron chi connectivity index (χ4n) is 0.887. The Balaban J connectivity index is 2.17. The van der Waals surface area contributed by atoms with Gasteiger partial charge in [0.15, 0.2) is 0 Å². The smallest absolute Gasteiger partial charge is 0.0773 e. The van der Waals surface area contributed by atoms with Crippen LogP contribution < -0.4 is 0 Å². The standard InChI is InChI=1S/C6H12O2/c7-6-3-1-2-4-8-5-6/h6-7H,1-5H2/t6-/m0/s1. The molecule has 1 atom stereocenters. The largest absolute Gasteiger partial charge is 0.391 e. The minimum absolute atomic E-state index is 0.197. The van der Waals surface area contributed by atoms with Crippen molar-refractivity contribution >= 4 is 0 Å². The second-order valence-corrected chi connectivity index (χ2v) is 2.22. The molecule has 1 N–H and O–H groups in total. The zero-order chi connectivity index (χ0) is 5.82. The van der Waals surface area contributed by atoms with Gasteiger partial charge in [-0.3, -0.25) is 0 Å². The molecule has 1 heterocycles. The maximum absolute atomic E-state index is 8.96. The van der Waals surface area contributed by atoms with Crippen molar-refractivity contribution in [3.8, 4) is 0 Å². The van der Waals surface area contributed by atoms with Crippen molar-refractivity contribution in [3.63, 3.8) is 0 Å². The average molecular weight is 116 g/mol. The van der Waals surface area contributed by atoms with Crippen molar-refractivity contribution in [1.29, 1.82) is 0 Å². The molecule has 2 heteroatoms.